The fraction of sp³-hybridized carbons (Fsp3) is 1.00. The van der Waals surface area contributed by atoms with E-state index in [4.69, 9.17) is 5.11 Å². The standard InChI is InChI=1S/C5H13NO.ClH/c1-5(7)4-6(2)3;/h5,7H,4H2,1-3H3;1H/t5-;/m0./s1. The Balaban J connectivity index is 0. The molecule has 0 rings (SSSR count). The Bertz CT molecular complexity index is 41.7. The highest BCUT2D eigenvalue weighted by molar-refractivity contribution is 5.85. The van der Waals surface area contributed by atoms with Gasteiger partial charge in [0.05, 0.1) is 6.10 Å². The molecule has 3 heteroatoms. The van der Waals surface area contributed by atoms with Gasteiger partial charge in [-0.05, 0) is 21.0 Å². The van der Waals surface area contributed by atoms with Gasteiger partial charge in [-0.15, -0.1) is 12.4 Å². The van der Waals surface area contributed by atoms with Crippen molar-refractivity contribution in [2.75, 3.05) is 20.6 Å². The summed E-state index contributed by atoms with van der Waals surface area (Å²) in [6.07, 6.45) is -0.199. The van der Waals surface area contributed by atoms with E-state index >= 15 is 0 Å². The average molecular weight is 140 g/mol. The van der Waals surface area contributed by atoms with E-state index in [1.54, 1.807) is 6.92 Å². The first-order valence-corrected chi connectivity index (χ1v) is 2.45. The average Bonchev–Trinajstić information content (AvgIpc) is 1.27. The van der Waals surface area contributed by atoms with Crippen LogP contribution in [0.3, 0.4) is 0 Å². The van der Waals surface area contributed by atoms with Crippen LogP contribution in [0.4, 0.5) is 0 Å². The summed E-state index contributed by atoms with van der Waals surface area (Å²) in [7, 11) is 3.87. The van der Waals surface area contributed by atoms with E-state index in [9.17, 15) is 0 Å². The molecule has 52 valence electrons. The molecule has 0 saturated heterocycles. The Morgan fingerprint density at radius 2 is 1.88 bits per heavy atom. The van der Waals surface area contributed by atoms with Crippen LogP contribution in [0.25, 0.3) is 0 Å². The number of halogens is 1. The molecular formula is C5H14ClNO. The zero-order valence-corrected chi connectivity index (χ0v) is 6.40. The molecule has 0 fully saturated rings. The lowest BCUT2D eigenvalue weighted by Crippen LogP contribution is -2.22. The highest BCUT2D eigenvalue weighted by Gasteiger charge is 1.93. The number of hydrogen-bond donors (Lipinski definition) is 1. The van der Waals surface area contributed by atoms with Crippen molar-refractivity contribution in [1.82, 2.24) is 4.90 Å². The Hall–Kier alpha value is 0.210. The van der Waals surface area contributed by atoms with E-state index < -0.39 is 0 Å². The summed E-state index contributed by atoms with van der Waals surface area (Å²) in [5.74, 6) is 0. The topological polar surface area (TPSA) is 23.5 Å². The molecule has 1 N–H and O–H groups in total. The molecule has 0 aromatic rings. The van der Waals surface area contributed by atoms with E-state index in [0.717, 1.165) is 6.54 Å². The normalized spacial score (nSPS) is 13.1. The third kappa shape index (κ3) is 9.51. The van der Waals surface area contributed by atoms with Gasteiger partial charge in [-0.2, -0.15) is 0 Å². The number of aliphatic hydroxyl groups excluding tert-OH is 1. The van der Waals surface area contributed by atoms with Gasteiger partial charge in [0.1, 0.15) is 0 Å². The van der Waals surface area contributed by atoms with Crippen LogP contribution in [0.5, 0.6) is 0 Å². The lowest BCUT2D eigenvalue weighted by molar-refractivity contribution is 0.154. The second-order valence-electron chi connectivity index (χ2n) is 2.11. The highest BCUT2D eigenvalue weighted by Crippen LogP contribution is 1.80. The lowest BCUT2D eigenvalue weighted by Gasteiger charge is -2.10. The predicted molar refractivity (Wildman–Crippen MR) is 37.5 cm³/mol. The summed E-state index contributed by atoms with van der Waals surface area (Å²) >= 11 is 0. The summed E-state index contributed by atoms with van der Waals surface area (Å²) < 4.78 is 0. The van der Waals surface area contributed by atoms with Crippen LogP contribution in [0.1, 0.15) is 6.92 Å². The second kappa shape index (κ2) is 5.35. The first-order valence-electron chi connectivity index (χ1n) is 2.45. The van der Waals surface area contributed by atoms with Gasteiger partial charge in [0.15, 0.2) is 0 Å². The van der Waals surface area contributed by atoms with Gasteiger partial charge in [0.25, 0.3) is 0 Å². The van der Waals surface area contributed by atoms with Gasteiger partial charge in [-0.3, -0.25) is 0 Å². The fourth-order valence-electron chi connectivity index (χ4n) is 0.528. The summed E-state index contributed by atoms with van der Waals surface area (Å²) in [4.78, 5) is 1.95. The fourth-order valence-corrected chi connectivity index (χ4v) is 0.528. The van der Waals surface area contributed by atoms with Gasteiger partial charge in [0, 0.05) is 6.54 Å². The molecule has 0 amide bonds. The van der Waals surface area contributed by atoms with E-state index in [1.807, 2.05) is 19.0 Å². The second-order valence-corrected chi connectivity index (χ2v) is 2.11. The van der Waals surface area contributed by atoms with Crippen LogP contribution >= 0.6 is 12.4 Å². The maximum absolute atomic E-state index is 8.68. The van der Waals surface area contributed by atoms with Gasteiger partial charge in [0.2, 0.25) is 0 Å². The van der Waals surface area contributed by atoms with E-state index in [1.165, 1.54) is 0 Å². The molecule has 2 nitrogen and oxygen atoms in total. The van der Waals surface area contributed by atoms with Gasteiger partial charge in [-0.25, -0.2) is 0 Å². The van der Waals surface area contributed by atoms with Crippen molar-refractivity contribution in [1.29, 1.82) is 0 Å². The molecule has 0 saturated carbocycles. The molecule has 0 aromatic carbocycles. The summed E-state index contributed by atoms with van der Waals surface area (Å²) in [5, 5.41) is 8.68. The molecule has 0 heterocycles. The zero-order valence-electron chi connectivity index (χ0n) is 5.59. The number of rotatable bonds is 2. The number of aliphatic hydroxyl groups is 1. The van der Waals surface area contributed by atoms with Gasteiger partial charge >= 0.3 is 0 Å². The third-order valence-corrected chi connectivity index (χ3v) is 0.629. The molecular weight excluding hydrogens is 126 g/mol. The first-order chi connectivity index (χ1) is 3.13. The Morgan fingerprint density at radius 1 is 1.50 bits per heavy atom. The molecule has 0 aromatic heterocycles. The minimum absolute atomic E-state index is 0. The summed E-state index contributed by atoms with van der Waals surface area (Å²) in [6, 6.07) is 0. The molecule has 0 unspecified atom stereocenters. The number of hydrogen-bond acceptors (Lipinski definition) is 2. The molecule has 0 spiro atoms. The third-order valence-electron chi connectivity index (χ3n) is 0.629. The summed E-state index contributed by atoms with van der Waals surface area (Å²) in [6.45, 7) is 2.53. The van der Waals surface area contributed by atoms with E-state index in [2.05, 4.69) is 0 Å². The minimum atomic E-state index is -0.199. The molecule has 0 bridgehead atoms. The van der Waals surface area contributed by atoms with E-state index in [-0.39, 0.29) is 18.5 Å². The van der Waals surface area contributed by atoms with Crippen molar-refractivity contribution in [3.8, 4) is 0 Å². The van der Waals surface area contributed by atoms with Crippen LogP contribution < -0.4 is 0 Å². The molecule has 8 heavy (non-hydrogen) atoms. The van der Waals surface area contributed by atoms with E-state index in [0.29, 0.717) is 0 Å². The van der Waals surface area contributed by atoms with Crippen molar-refractivity contribution in [2.45, 2.75) is 13.0 Å². The van der Waals surface area contributed by atoms with Crippen LogP contribution in [0.2, 0.25) is 0 Å². The van der Waals surface area contributed by atoms with Crippen molar-refractivity contribution in [3.05, 3.63) is 0 Å². The van der Waals surface area contributed by atoms with Crippen molar-refractivity contribution >= 4 is 12.4 Å². The SMILES string of the molecule is C[C@H](O)CN(C)C.Cl. The zero-order chi connectivity index (χ0) is 5.86. The summed E-state index contributed by atoms with van der Waals surface area (Å²) in [5.41, 5.74) is 0. The van der Waals surface area contributed by atoms with Crippen LogP contribution in [-0.4, -0.2) is 36.8 Å². The predicted octanol–water partition coefficient (Wildman–Crippen LogP) is 0.351. The van der Waals surface area contributed by atoms with Crippen molar-refractivity contribution in [3.63, 3.8) is 0 Å². The number of nitrogens with zero attached hydrogens (tertiary/aromatic N) is 1. The first kappa shape index (κ1) is 11.1. The molecule has 1 atom stereocenters. The molecule has 0 aliphatic heterocycles. The van der Waals surface area contributed by atoms with Gasteiger partial charge in [-0.1, -0.05) is 0 Å². The lowest BCUT2D eigenvalue weighted by atomic mass is 10.4. The molecule has 0 aliphatic carbocycles. The highest BCUT2D eigenvalue weighted by atomic mass is 35.5. The van der Waals surface area contributed by atoms with Crippen LogP contribution in [0.15, 0.2) is 0 Å². The largest absolute Gasteiger partial charge is 0.392 e. The monoisotopic (exact) mass is 139 g/mol. The molecule has 0 aliphatic rings. The Labute approximate surface area is 56.9 Å². The quantitative estimate of drug-likeness (QED) is 0.597. The Morgan fingerprint density at radius 3 is 1.88 bits per heavy atom. The maximum atomic E-state index is 8.68. The van der Waals surface area contributed by atoms with Crippen molar-refractivity contribution in [2.24, 2.45) is 0 Å². The minimum Gasteiger partial charge on any atom is -0.392 e. The van der Waals surface area contributed by atoms with Crippen LogP contribution in [0, 0.1) is 0 Å². The smallest absolute Gasteiger partial charge is 0.0638 e. The molecule has 0 radical (unpaired) electrons. The number of likely N-dealkylation sites (N-methyl/N-ethyl adjacent to an activating group) is 1. The maximum Gasteiger partial charge on any atom is 0.0638 e. The van der Waals surface area contributed by atoms with Gasteiger partial charge < -0.3 is 10.0 Å². The van der Waals surface area contributed by atoms with Crippen LogP contribution in [-0.2, 0) is 0 Å². The Kier molecular flexibility index (Phi) is 7.40. The van der Waals surface area contributed by atoms with Crippen molar-refractivity contribution < 1.29 is 5.11 Å².